The van der Waals surface area contributed by atoms with Gasteiger partial charge in [-0.2, -0.15) is 0 Å². The van der Waals surface area contributed by atoms with Gasteiger partial charge in [-0.1, -0.05) is 6.07 Å². The molecule has 0 spiro atoms. The monoisotopic (exact) mass is 311 g/mol. The molecular weight excluding hydrogens is 294 g/mol. The number of nitrogens with one attached hydrogen (secondary N) is 1. The van der Waals surface area contributed by atoms with E-state index in [1.807, 2.05) is 6.07 Å². The second-order valence-corrected chi connectivity index (χ2v) is 4.49. The summed E-state index contributed by atoms with van der Waals surface area (Å²) < 4.78 is 4.61. The average molecular weight is 312 g/mol. The number of nitrogen functional groups attached to an aromatic ring is 1. The summed E-state index contributed by atoms with van der Waals surface area (Å²) in [5, 5.41) is 0.506. The van der Waals surface area contributed by atoms with Crippen molar-refractivity contribution in [3.63, 3.8) is 0 Å². The van der Waals surface area contributed by atoms with Gasteiger partial charge in [0.2, 0.25) is 0 Å². The van der Waals surface area contributed by atoms with Crippen LogP contribution in [0, 0.1) is 0 Å². The fourth-order valence-electron chi connectivity index (χ4n) is 2.17. The minimum atomic E-state index is -0.601. The lowest BCUT2D eigenvalue weighted by molar-refractivity contribution is 0.0594. The van der Waals surface area contributed by atoms with Crippen molar-refractivity contribution in [3.05, 3.63) is 39.7 Å². The van der Waals surface area contributed by atoms with Crippen LogP contribution in [0.5, 0.6) is 0 Å². The van der Waals surface area contributed by atoms with E-state index < -0.39 is 5.97 Å². The van der Waals surface area contributed by atoms with Crippen LogP contribution in [-0.4, -0.2) is 24.6 Å². The first-order valence-electron chi connectivity index (χ1n) is 6.31. The van der Waals surface area contributed by atoms with Gasteiger partial charge < -0.3 is 21.2 Å². The minimum absolute atomic E-state index is 0. The fraction of sp³-hybridized carbons (Fsp3) is 0.286. The lowest BCUT2D eigenvalue weighted by atomic mass is 10.0. The van der Waals surface area contributed by atoms with Crippen molar-refractivity contribution in [3.8, 4) is 0 Å². The zero-order valence-electron chi connectivity index (χ0n) is 11.6. The van der Waals surface area contributed by atoms with Crippen LogP contribution in [0.1, 0.15) is 22.5 Å². The molecule has 0 aliphatic carbocycles. The van der Waals surface area contributed by atoms with E-state index in [1.165, 1.54) is 13.2 Å². The van der Waals surface area contributed by atoms with Crippen molar-refractivity contribution in [1.29, 1.82) is 0 Å². The van der Waals surface area contributed by atoms with Crippen molar-refractivity contribution < 1.29 is 9.53 Å². The number of halogens is 1. The lowest BCUT2D eigenvalue weighted by Gasteiger charge is -2.09. The standard InChI is InChI=1S/C14H17N3O3.ClH/c1-20-14(19)10-7-11(18)12-8(3-2-6-15)4-5-9(16)13(12)17-10;/h4-5,7H,2-3,6,15-16H2,1H3,(H,17,18);1H. The molecule has 5 N–H and O–H groups in total. The number of hydrogen-bond donors (Lipinski definition) is 3. The summed E-state index contributed by atoms with van der Waals surface area (Å²) in [4.78, 5) is 26.6. The summed E-state index contributed by atoms with van der Waals surface area (Å²) in [5.74, 6) is -0.601. The molecule has 0 radical (unpaired) electrons. The number of H-pyrrole nitrogens is 1. The second-order valence-electron chi connectivity index (χ2n) is 4.49. The molecule has 1 heterocycles. The highest BCUT2D eigenvalue weighted by molar-refractivity contribution is 5.96. The Bertz CT molecular complexity index is 712. The van der Waals surface area contributed by atoms with Crippen LogP contribution in [0.3, 0.4) is 0 Å². The Morgan fingerprint density at radius 1 is 1.38 bits per heavy atom. The number of carbonyl (C=O) groups excluding carboxylic acids is 1. The van der Waals surface area contributed by atoms with Crippen LogP contribution in [0.4, 0.5) is 5.69 Å². The van der Waals surface area contributed by atoms with Crippen LogP contribution in [0.15, 0.2) is 23.0 Å². The highest BCUT2D eigenvalue weighted by atomic mass is 35.5. The van der Waals surface area contributed by atoms with Gasteiger partial charge in [0, 0.05) is 6.07 Å². The number of pyridine rings is 1. The first-order chi connectivity index (χ1) is 9.58. The van der Waals surface area contributed by atoms with Gasteiger partial charge in [-0.3, -0.25) is 4.79 Å². The minimum Gasteiger partial charge on any atom is -0.464 e. The first-order valence-corrected chi connectivity index (χ1v) is 6.31. The van der Waals surface area contributed by atoms with Crippen molar-refractivity contribution in [1.82, 2.24) is 4.98 Å². The Morgan fingerprint density at radius 3 is 2.71 bits per heavy atom. The van der Waals surface area contributed by atoms with Gasteiger partial charge in [0.25, 0.3) is 0 Å². The molecular formula is C14H18ClN3O3. The second kappa shape index (κ2) is 7.10. The Kier molecular flexibility index (Phi) is 5.75. The number of fused-ring (bicyclic) bond motifs is 1. The maximum absolute atomic E-state index is 12.2. The van der Waals surface area contributed by atoms with E-state index in [0.717, 1.165) is 12.0 Å². The summed E-state index contributed by atoms with van der Waals surface area (Å²) >= 11 is 0. The van der Waals surface area contributed by atoms with E-state index in [0.29, 0.717) is 29.6 Å². The van der Waals surface area contributed by atoms with E-state index in [2.05, 4.69) is 9.72 Å². The van der Waals surface area contributed by atoms with Gasteiger partial charge in [0.1, 0.15) is 5.69 Å². The molecule has 0 amide bonds. The summed E-state index contributed by atoms with van der Waals surface area (Å²) in [7, 11) is 1.26. The SMILES string of the molecule is COC(=O)c1cc(=O)c2c(CCCN)ccc(N)c2[nH]1.Cl. The summed E-state index contributed by atoms with van der Waals surface area (Å²) in [5.41, 5.74) is 13.0. The number of ether oxygens (including phenoxy) is 1. The average Bonchev–Trinajstić information content (AvgIpc) is 2.46. The fourth-order valence-corrected chi connectivity index (χ4v) is 2.17. The van der Waals surface area contributed by atoms with Crippen molar-refractivity contribution in [2.75, 3.05) is 19.4 Å². The maximum atomic E-state index is 12.2. The predicted molar refractivity (Wildman–Crippen MR) is 84.9 cm³/mol. The molecule has 21 heavy (non-hydrogen) atoms. The molecule has 114 valence electrons. The summed E-state index contributed by atoms with van der Waals surface area (Å²) in [6.07, 6.45) is 1.46. The van der Waals surface area contributed by atoms with Crippen LogP contribution in [0.25, 0.3) is 10.9 Å². The number of aryl methyl sites for hydroxylation is 1. The molecule has 1 aromatic carbocycles. The van der Waals surface area contributed by atoms with E-state index in [1.54, 1.807) is 6.07 Å². The van der Waals surface area contributed by atoms with Gasteiger partial charge in [-0.05, 0) is 31.0 Å². The number of aromatic nitrogens is 1. The molecule has 1 aromatic heterocycles. The molecule has 0 saturated heterocycles. The lowest BCUT2D eigenvalue weighted by Crippen LogP contribution is -2.14. The molecule has 0 saturated carbocycles. The molecule has 0 bridgehead atoms. The Hall–Kier alpha value is -2.05. The first kappa shape index (κ1) is 17.0. The summed E-state index contributed by atoms with van der Waals surface area (Å²) in [6.45, 7) is 0.546. The Morgan fingerprint density at radius 2 is 2.10 bits per heavy atom. The molecule has 2 rings (SSSR count). The Balaban J connectivity index is 0.00000220. The molecule has 0 atom stereocenters. The third-order valence-electron chi connectivity index (χ3n) is 3.16. The van der Waals surface area contributed by atoms with Crippen molar-refractivity contribution in [2.24, 2.45) is 5.73 Å². The van der Waals surface area contributed by atoms with Crippen molar-refractivity contribution in [2.45, 2.75) is 12.8 Å². The number of hydrogen-bond acceptors (Lipinski definition) is 5. The van der Waals surface area contributed by atoms with Crippen LogP contribution in [-0.2, 0) is 11.2 Å². The normalized spacial score (nSPS) is 10.2. The van der Waals surface area contributed by atoms with Crippen LogP contribution in [0.2, 0.25) is 0 Å². The number of carbonyl (C=O) groups is 1. The van der Waals surface area contributed by atoms with Crippen LogP contribution < -0.4 is 16.9 Å². The molecule has 0 unspecified atom stereocenters. The number of aromatic amines is 1. The zero-order valence-corrected chi connectivity index (χ0v) is 12.5. The van der Waals surface area contributed by atoms with Gasteiger partial charge in [0.15, 0.2) is 5.43 Å². The molecule has 7 heteroatoms. The molecule has 2 aromatic rings. The summed E-state index contributed by atoms with van der Waals surface area (Å²) in [6, 6.07) is 4.77. The number of benzene rings is 1. The smallest absolute Gasteiger partial charge is 0.354 e. The van der Waals surface area contributed by atoms with Gasteiger partial charge in [-0.25, -0.2) is 4.79 Å². The van der Waals surface area contributed by atoms with E-state index in [9.17, 15) is 9.59 Å². The van der Waals surface area contributed by atoms with Gasteiger partial charge in [-0.15, -0.1) is 12.4 Å². The molecule has 0 aliphatic heterocycles. The largest absolute Gasteiger partial charge is 0.464 e. The van der Waals surface area contributed by atoms with Gasteiger partial charge >= 0.3 is 5.97 Å². The maximum Gasteiger partial charge on any atom is 0.354 e. The number of nitrogens with two attached hydrogens (primary N) is 2. The van der Waals surface area contributed by atoms with E-state index >= 15 is 0 Å². The molecule has 6 nitrogen and oxygen atoms in total. The Labute approximate surface area is 127 Å². The third kappa shape index (κ3) is 3.34. The number of anilines is 1. The van der Waals surface area contributed by atoms with E-state index in [-0.39, 0.29) is 23.5 Å². The number of esters is 1. The zero-order chi connectivity index (χ0) is 14.7. The van der Waals surface area contributed by atoms with Crippen LogP contribution >= 0.6 is 12.4 Å². The van der Waals surface area contributed by atoms with Crippen molar-refractivity contribution >= 4 is 35.0 Å². The topological polar surface area (TPSA) is 111 Å². The highest BCUT2D eigenvalue weighted by Crippen LogP contribution is 2.21. The third-order valence-corrected chi connectivity index (χ3v) is 3.16. The molecule has 0 fully saturated rings. The van der Waals surface area contributed by atoms with E-state index in [4.69, 9.17) is 11.5 Å². The van der Waals surface area contributed by atoms with Gasteiger partial charge in [0.05, 0.1) is 23.7 Å². The highest BCUT2D eigenvalue weighted by Gasteiger charge is 2.13. The molecule has 0 aliphatic rings. The number of rotatable bonds is 4. The quantitative estimate of drug-likeness (QED) is 0.580. The number of methoxy groups -OCH3 is 1. The predicted octanol–water partition coefficient (Wildman–Crippen LogP) is 1.21.